The van der Waals surface area contributed by atoms with Crippen molar-refractivity contribution >= 4 is 5.91 Å². The number of nitrogens with one attached hydrogen (secondary N) is 1. The van der Waals surface area contributed by atoms with Crippen LogP contribution in [0.5, 0.6) is 0 Å². The van der Waals surface area contributed by atoms with Crippen molar-refractivity contribution in [3.05, 3.63) is 107 Å². The van der Waals surface area contributed by atoms with Crippen LogP contribution in [0.15, 0.2) is 78.9 Å². The highest BCUT2D eigenvalue weighted by molar-refractivity contribution is 5.80. The van der Waals surface area contributed by atoms with Gasteiger partial charge in [0.1, 0.15) is 0 Å². The molecule has 1 N–H and O–H groups in total. The lowest BCUT2D eigenvalue weighted by Crippen LogP contribution is -2.38. The molecule has 1 aliphatic carbocycles. The van der Waals surface area contributed by atoms with Gasteiger partial charge in [0.2, 0.25) is 5.91 Å². The Balaban J connectivity index is 1.42. The number of benzene rings is 3. The summed E-state index contributed by atoms with van der Waals surface area (Å²) in [5, 5.41) is 3.31. The second kappa shape index (κ2) is 11.4. The van der Waals surface area contributed by atoms with E-state index in [1.165, 1.54) is 28.7 Å². The molecule has 36 heavy (non-hydrogen) atoms. The van der Waals surface area contributed by atoms with Crippen LogP contribution in [0.3, 0.4) is 0 Å². The Morgan fingerprint density at radius 2 is 1.58 bits per heavy atom. The second-order valence-corrected chi connectivity index (χ2v) is 11.2. The Morgan fingerprint density at radius 1 is 0.944 bits per heavy atom. The minimum absolute atomic E-state index is 0.0200. The highest BCUT2D eigenvalue weighted by Gasteiger charge is 2.33. The van der Waals surface area contributed by atoms with Gasteiger partial charge in [-0.1, -0.05) is 97.3 Å². The Morgan fingerprint density at radius 3 is 2.25 bits per heavy atom. The number of hydrogen-bond acceptors (Lipinski definition) is 2. The molecular weight excluding hydrogens is 440 g/mol. The average molecular weight is 483 g/mol. The van der Waals surface area contributed by atoms with Crippen molar-refractivity contribution in [2.45, 2.75) is 77.4 Å². The fraction of sp³-hybridized carbons (Fsp3) is 0.424. The van der Waals surface area contributed by atoms with Crippen LogP contribution in [0.2, 0.25) is 0 Å². The van der Waals surface area contributed by atoms with Gasteiger partial charge in [0.25, 0.3) is 0 Å². The van der Waals surface area contributed by atoms with Gasteiger partial charge >= 0.3 is 0 Å². The molecule has 0 heterocycles. The van der Waals surface area contributed by atoms with E-state index in [4.69, 9.17) is 0 Å². The lowest BCUT2D eigenvalue weighted by atomic mass is 9.74. The van der Waals surface area contributed by atoms with Gasteiger partial charge in [-0.3, -0.25) is 9.69 Å². The van der Waals surface area contributed by atoms with Gasteiger partial charge in [0.15, 0.2) is 0 Å². The first-order chi connectivity index (χ1) is 17.3. The van der Waals surface area contributed by atoms with E-state index in [-0.39, 0.29) is 29.3 Å². The van der Waals surface area contributed by atoms with Crippen molar-refractivity contribution in [1.29, 1.82) is 0 Å². The molecule has 3 aromatic rings. The molecule has 1 amide bonds. The summed E-state index contributed by atoms with van der Waals surface area (Å²) in [5.41, 5.74) is 6.26. The van der Waals surface area contributed by atoms with Crippen LogP contribution in [-0.4, -0.2) is 17.9 Å². The molecule has 0 bridgehead atoms. The van der Waals surface area contributed by atoms with Crippen LogP contribution in [0.1, 0.15) is 86.2 Å². The van der Waals surface area contributed by atoms with E-state index in [1.54, 1.807) is 0 Å². The van der Waals surface area contributed by atoms with Crippen LogP contribution in [-0.2, 0) is 16.9 Å². The summed E-state index contributed by atoms with van der Waals surface area (Å²) >= 11 is 0. The summed E-state index contributed by atoms with van der Waals surface area (Å²) in [7, 11) is 2.19. The minimum atomic E-state index is -0.0549. The van der Waals surface area contributed by atoms with E-state index >= 15 is 0 Å². The molecule has 1 aliphatic rings. The van der Waals surface area contributed by atoms with Gasteiger partial charge in [-0.05, 0) is 75.8 Å². The van der Waals surface area contributed by atoms with Crippen molar-refractivity contribution in [2.75, 3.05) is 7.05 Å². The lowest BCUT2D eigenvalue weighted by Gasteiger charge is -2.36. The molecule has 3 atom stereocenters. The van der Waals surface area contributed by atoms with Crippen molar-refractivity contribution < 1.29 is 4.79 Å². The third kappa shape index (κ3) is 6.07. The van der Waals surface area contributed by atoms with Gasteiger partial charge in [-0.15, -0.1) is 0 Å². The van der Waals surface area contributed by atoms with Crippen LogP contribution in [0, 0.1) is 12.8 Å². The van der Waals surface area contributed by atoms with Gasteiger partial charge < -0.3 is 5.32 Å². The van der Waals surface area contributed by atoms with E-state index in [9.17, 15) is 4.79 Å². The van der Waals surface area contributed by atoms with E-state index in [0.29, 0.717) is 0 Å². The first-order valence-corrected chi connectivity index (χ1v) is 13.5. The van der Waals surface area contributed by atoms with Crippen LogP contribution in [0.4, 0.5) is 0 Å². The largest absolute Gasteiger partial charge is 0.349 e. The van der Waals surface area contributed by atoms with Crippen LogP contribution < -0.4 is 5.32 Å². The van der Waals surface area contributed by atoms with Gasteiger partial charge in [-0.2, -0.15) is 0 Å². The lowest BCUT2D eigenvalue weighted by molar-refractivity contribution is -0.127. The van der Waals surface area contributed by atoms with Crippen LogP contribution in [0.25, 0.3) is 0 Å². The Hall–Kier alpha value is -2.91. The highest BCUT2D eigenvalue weighted by atomic mass is 16.2. The zero-order chi connectivity index (χ0) is 25.7. The molecular formula is C33H42N2O. The summed E-state index contributed by atoms with van der Waals surface area (Å²) < 4.78 is 0. The third-order valence-corrected chi connectivity index (χ3v) is 8.30. The number of nitrogens with zero attached hydrogens (tertiary/aromatic N) is 1. The highest BCUT2D eigenvalue weighted by Crippen LogP contribution is 2.38. The first-order valence-electron chi connectivity index (χ1n) is 13.5. The van der Waals surface area contributed by atoms with E-state index in [2.05, 4.69) is 124 Å². The third-order valence-electron chi connectivity index (χ3n) is 8.30. The maximum absolute atomic E-state index is 13.4. The van der Waals surface area contributed by atoms with Gasteiger partial charge in [0.05, 0.1) is 6.04 Å². The Labute approximate surface area is 217 Å². The minimum Gasteiger partial charge on any atom is -0.349 e. The second-order valence-electron chi connectivity index (χ2n) is 11.2. The summed E-state index contributed by atoms with van der Waals surface area (Å²) in [6.07, 6.45) is 4.37. The molecule has 0 saturated heterocycles. The SMILES string of the molecule is Cc1ccc([C@H](C)NC(=O)[C@H]2CCCC[C@@H]2c2ccc(CN(C)C(C)(C)c3ccccc3)cc2)cc1. The van der Waals surface area contributed by atoms with E-state index in [1.807, 2.05) is 0 Å². The quantitative estimate of drug-likeness (QED) is 0.360. The number of carbonyl (C=O) groups is 1. The monoisotopic (exact) mass is 482 g/mol. The Kier molecular flexibility index (Phi) is 8.31. The molecule has 3 aromatic carbocycles. The van der Waals surface area contributed by atoms with E-state index in [0.717, 1.165) is 31.4 Å². The molecule has 0 radical (unpaired) electrons. The van der Waals surface area contributed by atoms with E-state index < -0.39 is 0 Å². The molecule has 0 aliphatic heterocycles. The standard InChI is InChI=1S/C33H42N2O/c1-24-15-19-27(20-16-24)25(2)34-32(36)31-14-10-9-13-30(31)28-21-17-26(18-22-28)23-35(5)33(3,4)29-11-7-6-8-12-29/h6-8,11-12,15-22,25,30-31H,9-10,13-14,23H2,1-5H3,(H,34,36)/t25-,30+,31-/m0/s1. The summed E-state index contributed by atoms with van der Waals surface area (Å²) in [6, 6.07) is 28.2. The van der Waals surface area contributed by atoms with Crippen molar-refractivity contribution in [3.8, 4) is 0 Å². The van der Waals surface area contributed by atoms with Crippen molar-refractivity contribution in [3.63, 3.8) is 0 Å². The molecule has 0 aromatic heterocycles. The van der Waals surface area contributed by atoms with Crippen molar-refractivity contribution in [2.24, 2.45) is 5.92 Å². The number of hydrogen-bond donors (Lipinski definition) is 1. The predicted molar refractivity (Wildman–Crippen MR) is 150 cm³/mol. The number of rotatable bonds is 8. The first kappa shape index (κ1) is 26.2. The number of carbonyl (C=O) groups excluding carboxylic acids is 1. The zero-order valence-electron chi connectivity index (χ0n) is 22.6. The molecule has 1 saturated carbocycles. The predicted octanol–water partition coefficient (Wildman–Crippen LogP) is 7.51. The summed E-state index contributed by atoms with van der Waals surface area (Å²) in [4.78, 5) is 15.8. The Bertz CT molecular complexity index is 1120. The summed E-state index contributed by atoms with van der Waals surface area (Å²) in [5.74, 6) is 0.523. The number of aryl methyl sites for hydroxylation is 1. The van der Waals surface area contributed by atoms with Crippen molar-refractivity contribution in [1.82, 2.24) is 10.2 Å². The molecule has 4 rings (SSSR count). The summed E-state index contributed by atoms with van der Waals surface area (Å²) in [6.45, 7) is 9.61. The maximum Gasteiger partial charge on any atom is 0.224 e. The molecule has 3 nitrogen and oxygen atoms in total. The fourth-order valence-corrected chi connectivity index (χ4v) is 5.51. The molecule has 3 heteroatoms. The van der Waals surface area contributed by atoms with Gasteiger partial charge in [0, 0.05) is 18.0 Å². The van der Waals surface area contributed by atoms with Gasteiger partial charge in [-0.25, -0.2) is 0 Å². The van der Waals surface area contributed by atoms with Crippen LogP contribution >= 0.6 is 0 Å². The molecule has 0 unspecified atom stereocenters. The number of amides is 1. The molecule has 190 valence electrons. The smallest absolute Gasteiger partial charge is 0.224 e. The zero-order valence-corrected chi connectivity index (χ0v) is 22.6. The normalized spacial score (nSPS) is 19.2. The topological polar surface area (TPSA) is 32.3 Å². The average Bonchev–Trinajstić information content (AvgIpc) is 2.90. The maximum atomic E-state index is 13.4. The molecule has 0 spiro atoms. The fourth-order valence-electron chi connectivity index (χ4n) is 5.51. The molecule has 1 fully saturated rings.